The van der Waals surface area contributed by atoms with Crippen LogP contribution in [0.3, 0.4) is 0 Å². The predicted molar refractivity (Wildman–Crippen MR) is 74.9 cm³/mol. The predicted octanol–water partition coefficient (Wildman–Crippen LogP) is 4.37. The molecule has 0 aliphatic heterocycles. The average molecular weight is 323 g/mol. The van der Waals surface area contributed by atoms with E-state index in [9.17, 15) is 9.18 Å². The molecule has 0 fully saturated rings. The summed E-state index contributed by atoms with van der Waals surface area (Å²) in [7, 11) is 0. The number of carbonyl (C=O) groups is 1. The number of hydrogen-bond donors (Lipinski definition) is 0. The molecule has 0 aromatic heterocycles. The van der Waals surface area contributed by atoms with Crippen LogP contribution < -0.4 is 4.74 Å². The van der Waals surface area contributed by atoms with E-state index in [0.29, 0.717) is 11.3 Å². The fourth-order valence-corrected chi connectivity index (χ4v) is 1.99. The maximum Gasteiger partial charge on any atom is 0.163 e. The summed E-state index contributed by atoms with van der Waals surface area (Å²) in [6, 6.07) is 11.3. The molecule has 0 aliphatic carbocycles. The molecule has 98 valence electrons. The summed E-state index contributed by atoms with van der Waals surface area (Å²) in [5.41, 5.74) is 1.38. The summed E-state index contributed by atoms with van der Waals surface area (Å²) >= 11 is 3.34. The molecule has 19 heavy (non-hydrogen) atoms. The van der Waals surface area contributed by atoms with Crippen molar-refractivity contribution in [3.05, 3.63) is 63.9 Å². The van der Waals surface area contributed by atoms with Crippen LogP contribution in [0, 0.1) is 5.82 Å². The number of halogens is 2. The highest BCUT2D eigenvalue weighted by Gasteiger charge is 2.09. The zero-order valence-corrected chi connectivity index (χ0v) is 11.9. The SMILES string of the molecule is CC(=O)c1ccc(Br)cc1OCc1ccc(F)cc1. The number of benzene rings is 2. The second kappa shape index (κ2) is 5.97. The average Bonchev–Trinajstić information content (AvgIpc) is 2.38. The molecule has 0 radical (unpaired) electrons. The monoisotopic (exact) mass is 322 g/mol. The molecule has 0 spiro atoms. The lowest BCUT2D eigenvalue weighted by Crippen LogP contribution is -2.01. The van der Waals surface area contributed by atoms with Crippen LogP contribution in [0.25, 0.3) is 0 Å². The number of carbonyl (C=O) groups excluding carboxylic acids is 1. The van der Waals surface area contributed by atoms with Crippen LogP contribution >= 0.6 is 15.9 Å². The van der Waals surface area contributed by atoms with Gasteiger partial charge in [0.2, 0.25) is 0 Å². The van der Waals surface area contributed by atoms with Gasteiger partial charge in [-0.15, -0.1) is 0 Å². The van der Waals surface area contributed by atoms with Gasteiger partial charge < -0.3 is 4.74 Å². The minimum atomic E-state index is -0.282. The van der Waals surface area contributed by atoms with Crippen molar-refractivity contribution < 1.29 is 13.9 Å². The summed E-state index contributed by atoms with van der Waals surface area (Å²) in [4.78, 5) is 11.5. The van der Waals surface area contributed by atoms with Crippen LogP contribution in [-0.4, -0.2) is 5.78 Å². The Bertz CT molecular complexity index is 594. The van der Waals surface area contributed by atoms with Crippen molar-refractivity contribution in [2.75, 3.05) is 0 Å². The van der Waals surface area contributed by atoms with Crippen molar-refractivity contribution in [1.29, 1.82) is 0 Å². The number of hydrogen-bond acceptors (Lipinski definition) is 2. The van der Waals surface area contributed by atoms with Crippen molar-refractivity contribution in [3.63, 3.8) is 0 Å². The molecular weight excluding hydrogens is 311 g/mol. The van der Waals surface area contributed by atoms with Crippen LogP contribution in [-0.2, 0) is 6.61 Å². The molecular formula is C15H12BrFO2. The molecule has 2 aromatic carbocycles. The topological polar surface area (TPSA) is 26.3 Å². The van der Waals surface area contributed by atoms with E-state index in [-0.39, 0.29) is 18.2 Å². The molecule has 2 nitrogen and oxygen atoms in total. The van der Waals surface area contributed by atoms with E-state index in [0.717, 1.165) is 10.0 Å². The number of ketones is 1. The van der Waals surface area contributed by atoms with Crippen molar-refractivity contribution in [1.82, 2.24) is 0 Å². The second-order valence-electron chi connectivity index (χ2n) is 4.11. The van der Waals surface area contributed by atoms with Crippen LogP contribution in [0.4, 0.5) is 4.39 Å². The lowest BCUT2D eigenvalue weighted by molar-refractivity contribution is 0.101. The summed E-state index contributed by atoms with van der Waals surface area (Å²) in [5.74, 6) is 0.184. The van der Waals surface area contributed by atoms with E-state index in [1.807, 2.05) is 0 Å². The molecule has 2 rings (SSSR count). The van der Waals surface area contributed by atoms with Crippen LogP contribution in [0.5, 0.6) is 5.75 Å². The van der Waals surface area contributed by atoms with Gasteiger partial charge in [-0.25, -0.2) is 4.39 Å². The van der Waals surface area contributed by atoms with Gasteiger partial charge in [-0.1, -0.05) is 28.1 Å². The summed E-state index contributed by atoms with van der Waals surface area (Å²) in [6.07, 6.45) is 0. The number of ether oxygens (including phenoxy) is 1. The van der Waals surface area contributed by atoms with Gasteiger partial charge in [0, 0.05) is 4.47 Å². The Labute approximate surface area is 119 Å². The van der Waals surface area contributed by atoms with Crippen molar-refractivity contribution >= 4 is 21.7 Å². The van der Waals surface area contributed by atoms with Gasteiger partial charge in [0.05, 0.1) is 5.56 Å². The van der Waals surface area contributed by atoms with E-state index in [1.54, 1.807) is 30.3 Å². The van der Waals surface area contributed by atoms with Crippen LogP contribution in [0.15, 0.2) is 46.9 Å². The lowest BCUT2D eigenvalue weighted by atomic mass is 10.1. The summed E-state index contributed by atoms with van der Waals surface area (Å²) in [6.45, 7) is 1.78. The number of Topliss-reactive ketones (excluding diaryl/α,β-unsaturated/α-hetero) is 1. The Balaban J connectivity index is 2.16. The van der Waals surface area contributed by atoms with Gasteiger partial charge in [-0.3, -0.25) is 4.79 Å². The second-order valence-corrected chi connectivity index (χ2v) is 5.03. The molecule has 0 amide bonds. The van der Waals surface area contributed by atoms with Gasteiger partial charge in [0.25, 0.3) is 0 Å². The standard InChI is InChI=1S/C15H12BrFO2/c1-10(18)14-7-4-12(16)8-15(14)19-9-11-2-5-13(17)6-3-11/h2-8H,9H2,1H3. The zero-order valence-electron chi connectivity index (χ0n) is 10.3. The maximum atomic E-state index is 12.8. The quantitative estimate of drug-likeness (QED) is 0.781. The van der Waals surface area contributed by atoms with E-state index in [4.69, 9.17) is 4.74 Å². The van der Waals surface area contributed by atoms with E-state index in [1.165, 1.54) is 19.1 Å². The minimum Gasteiger partial charge on any atom is -0.488 e. The minimum absolute atomic E-state index is 0.0541. The Morgan fingerprint density at radius 1 is 1.21 bits per heavy atom. The van der Waals surface area contributed by atoms with Crippen LogP contribution in [0.1, 0.15) is 22.8 Å². The third kappa shape index (κ3) is 3.64. The van der Waals surface area contributed by atoms with Gasteiger partial charge in [-0.2, -0.15) is 0 Å². The Morgan fingerprint density at radius 2 is 1.89 bits per heavy atom. The first kappa shape index (κ1) is 13.7. The van der Waals surface area contributed by atoms with Crippen molar-refractivity contribution in [3.8, 4) is 5.75 Å². The van der Waals surface area contributed by atoms with Gasteiger partial charge in [0.15, 0.2) is 5.78 Å². The zero-order chi connectivity index (χ0) is 13.8. The van der Waals surface area contributed by atoms with E-state index >= 15 is 0 Å². The molecule has 4 heteroatoms. The third-order valence-corrected chi connectivity index (χ3v) is 3.12. The van der Waals surface area contributed by atoms with Gasteiger partial charge in [-0.05, 0) is 42.8 Å². The molecule has 0 N–H and O–H groups in total. The first-order chi connectivity index (χ1) is 9.06. The molecule has 0 heterocycles. The molecule has 2 aromatic rings. The van der Waals surface area contributed by atoms with E-state index < -0.39 is 0 Å². The number of rotatable bonds is 4. The largest absolute Gasteiger partial charge is 0.488 e. The van der Waals surface area contributed by atoms with E-state index in [2.05, 4.69) is 15.9 Å². The van der Waals surface area contributed by atoms with Gasteiger partial charge >= 0.3 is 0 Å². The fourth-order valence-electron chi connectivity index (χ4n) is 1.65. The molecule has 0 aliphatic rings. The van der Waals surface area contributed by atoms with Crippen molar-refractivity contribution in [2.45, 2.75) is 13.5 Å². The first-order valence-electron chi connectivity index (χ1n) is 5.74. The third-order valence-electron chi connectivity index (χ3n) is 2.63. The summed E-state index contributed by atoms with van der Waals surface area (Å²) in [5, 5.41) is 0. The van der Waals surface area contributed by atoms with Crippen molar-refractivity contribution in [2.24, 2.45) is 0 Å². The maximum absolute atomic E-state index is 12.8. The highest BCUT2D eigenvalue weighted by atomic mass is 79.9. The summed E-state index contributed by atoms with van der Waals surface area (Å²) < 4.78 is 19.3. The molecule has 0 bridgehead atoms. The normalized spacial score (nSPS) is 10.3. The highest BCUT2D eigenvalue weighted by molar-refractivity contribution is 9.10. The van der Waals surface area contributed by atoms with Gasteiger partial charge in [0.1, 0.15) is 18.2 Å². The molecule has 0 saturated carbocycles. The fraction of sp³-hybridized carbons (Fsp3) is 0.133. The Morgan fingerprint density at radius 3 is 2.53 bits per heavy atom. The first-order valence-corrected chi connectivity index (χ1v) is 6.53. The smallest absolute Gasteiger partial charge is 0.163 e. The lowest BCUT2D eigenvalue weighted by Gasteiger charge is -2.10. The Kier molecular flexibility index (Phi) is 4.32. The molecule has 0 unspecified atom stereocenters. The van der Waals surface area contributed by atoms with Crippen LogP contribution in [0.2, 0.25) is 0 Å². The molecule has 0 saturated heterocycles. The Hall–Kier alpha value is -1.68. The highest BCUT2D eigenvalue weighted by Crippen LogP contribution is 2.25. The molecule has 0 atom stereocenters.